The zero-order chi connectivity index (χ0) is 21.6. The van der Waals surface area contributed by atoms with Crippen LogP contribution < -0.4 is 10.2 Å². The summed E-state index contributed by atoms with van der Waals surface area (Å²) >= 11 is 0. The number of carbonyl (C=O) groups is 2. The molecule has 2 aromatic rings. The maximum absolute atomic E-state index is 12.4. The van der Waals surface area contributed by atoms with Crippen molar-refractivity contribution in [2.24, 2.45) is 0 Å². The first-order valence-electron chi connectivity index (χ1n) is 9.94. The number of para-hydroxylation sites is 1. The van der Waals surface area contributed by atoms with E-state index < -0.39 is 9.84 Å². The number of amides is 2. The molecule has 1 N–H and O–H groups in total. The van der Waals surface area contributed by atoms with Gasteiger partial charge in [0.15, 0.2) is 9.84 Å². The van der Waals surface area contributed by atoms with Crippen molar-refractivity contribution in [3.63, 3.8) is 0 Å². The van der Waals surface area contributed by atoms with Gasteiger partial charge in [-0.15, -0.1) is 0 Å². The smallest absolute Gasteiger partial charge is 0.251 e. The predicted molar refractivity (Wildman–Crippen MR) is 117 cm³/mol. The molecule has 0 aromatic heterocycles. The highest BCUT2D eigenvalue weighted by Crippen LogP contribution is 2.15. The minimum atomic E-state index is -3.11. The van der Waals surface area contributed by atoms with Gasteiger partial charge in [0.1, 0.15) is 0 Å². The molecule has 160 valence electrons. The SMILES string of the molecule is CS(=O)(=O)Cc1ccc(C(=O)NCCC(=O)N2CCN(c3ccccc3)CC2)cc1. The standard InChI is InChI=1S/C22H27N3O4S/c1-30(28,29)17-18-7-9-19(10-8-18)22(27)23-12-11-21(26)25-15-13-24(14-16-25)20-5-3-2-4-6-20/h2-10H,11-17H2,1H3,(H,23,27). The lowest BCUT2D eigenvalue weighted by atomic mass is 10.1. The van der Waals surface area contributed by atoms with Crippen molar-refractivity contribution in [3.05, 3.63) is 65.7 Å². The van der Waals surface area contributed by atoms with Crippen LogP contribution in [0, 0.1) is 0 Å². The van der Waals surface area contributed by atoms with Crippen molar-refractivity contribution >= 4 is 27.3 Å². The van der Waals surface area contributed by atoms with Crippen LogP contribution >= 0.6 is 0 Å². The fraction of sp³-hybridized carbons (Fsp3) is 0.364. The van der Waals surface area contributed by atoms with E-state index in [0.717, 1.165) is 13.1 Å². The Morgan fingerprint density at radius 3 is 2.17 bits per heavy atom. The van der Waals surface area contributed by atoms with Crippen molar-refractivity contribution < 1.29 is 18.0 Å². The number of sulfone groups is 1. The molecule has 7 nitrogen and oxygen atoms in total. The maximum atomic E-state index is 12.4. The quantitative estimate of drug-likeness (QED) is 0.724. The van der Waals surface area contributed by atoms with Crippen molar-refractivity contribution in [2.75, 3.05) is 43.9 Å². The van der Waals surface area contributed by atoms with Gasteiger partial charge in [-0.05, 0) is 29.8 Å². The highest BCUT2D eigenvalue weighted by molar-refractivity contribution is 7.89. The van der Waals surface area contributed by atoms with Crippen LogP contribution in [0.15, 0.2) is 54.6 Å². The van der Waals surface area contributed by atoms with Gasteiger partial charge < -0.3 is 15.1 Å². The Balaban J connectivity index is 1.41. The van der Waals surface area contributed by atoms with E-state index in [-0.39, 0.29) is 30.5 Å². The lowest BCUT2D eigenvalue weighted by Crippen LogP contribution is -2.49. The number of nitrogens with zero attached hydrogens (tertiary/aromatic N) is 2. The number of benzene rings is 2. The first kappa shape index (κ1) is 21.8. The van der Waals surface area contributed by atoms with Crippen LogP contribution in [0.4, 0.5) is 5.69 Å². The third-order valence-electron chi connectivity index (χ3n) is 5.02. The molecular weight excluding hydrogens is 402 g/mol. The Bertz CT molecular complexity index is 967. The van der Waals surface area contributed by atoms with Gasteiger partial charge in [0.05, 0.1) is 5.75 Å². The number of anilines is 1. The monoisotopic (exact) mass is 429 g/mol. The normalized spacial score (nSPS) is 14.4. The molecule has 1 saturated heterocycles. The van der Waals surface area contributed by atoms with Gasteiger partial charge in [-0.1, -0.05) is 30.3 Å². The van der Waals surface area contributed by atoms with Gasteiger partial charge in [0.2, 0.25) is 5.91 Å². The van der Waals surface area contributed by atoms with Crippen LogP contribution in [0.1, 0.15) is 22.3 Å². The van der Waals surface area contributed by atoms with E-state index in [0.29, 0.717) is 24.2 Å². The number of rotatable bonds is 7. The number of hydrogen-bond acceptors (Lipinski definition) is 5. The molecule has 30 heavy (non-hydrogen) atoms. The topological polar surface area (TPSA) is 86.8 Å². The zero-order valence-corrected chi connectivity index (χ0v) is 17.9. The second-order valence-corrected chi connectivity index (χ2v) is 9.62. The summed E-state index contributed by atoms with van der Waals surface area (Å²) in [6.45, 7) is 3.19. The molecule has 0 aliphatic carbocycles. The summed E-state index contributed by atoms with van der Waals surface area (Å²) in [6.07, 6.45) is 1.43. The van der Waals surface area contributed by atoms with E-state index in [1.807, 2.05) is 23.1 Å². The van der Waals surface area contributed by atoms with Crippen molar-refractivity contribution in [3.8, 4) is 0 Å². The molecule has 0 unspecified atom stereocenters. The van der Waals surface area contributed by atoms with E-state index in [9.17, 15) is 18.0 Å². The van der Waals surface area contributed by atoms with Crippen molar-refractivity contribution in [1.29, 1.82) is 0 Å². The van der Waals surface area contributed by atoms with Gasteiger partial charge in [0, 0.05) is 56.7 Å². The average molecular weight is 430 g/mol. The maximum Gasteiger partial charge on any atom is 0.251 e. The molecule has 1 heterocycles. The Kier molecular flexibility index (Phi) is 7.10. The number of nitrogens with one attached hydrogen (secondary N) is 1. The van der Waals surface area contributed by atoms with E-state index in [4.69, 9.17) is 0 Å². The second kappa shape index (κ2) is 9.75. The van der Waals surface area contributed by atoms with Crippen molar-refractivity contribution in [1.82, 2.24) is 10.2 Å². The molecule has 1 aliphatic heterocycles. The first-order valence-corrected chi connectivity index (χ1v) is 12.0. The summed E-state index contributed by atoms with van der Waals surface area (Å²) in [4.78, 5) is 28.8. The van der Waals surface area contributed by atoms with Crippen LogP contribution in [0.25, 0.3) is 0 Å². The molecule has 0 bridgehead atoms. The number of hydrogen-bond donors (Lipinski definition) is 1. The van der Waals surface area contributed by atoms with Crippen LogP contribution in [-0.4, -0.2) is 64.1 Å². The number of piperazine rings is 1. The summed E-state index contributed by atoms with van der Waals surface area (Å²) < 4.78 is 22.7. The zero-order valence-electron chi connectivity index (χ0n) is 17.1. The molecule has 1 fully saturated rings. The van der Waals surface area contributed by atoms with E-state index in [1.165, 1.54) is 11.9 Å². The molecule has 0 radical (unpaired) electrons. The molecule has 1 aliphatic rings. The average Bonchev–Trinajstić information content (AvgIpc) is 2.73. The minimum Gasteiger partial charge on any atom is -0.368 e. The predicted octanol–water partition coefficient (Wildman–Crippen LogP) is 1.70. The van der Waals surface area contributed by atoms with Gasteiger partial charge >= 0.3 is 0 Å². The van der Waals surface area contributed by atoms with Crippen LogP contribution in [0.3, 0.4) is 0 Å². The Morgan fingerprint density at radius 2 is 1.57 bits per heavy atom. The third kappa shape index (κ3) is 6.32. The fourth-order valence-corrected chi connectivity index (χ4v) is 4.25. The van der Waals surface area contributed by atoms with Crippen LogP contribution in [0.2, 0.25) is 0 Å². The van der Waals surface area contributed by atoms with Gasteiger partial charge in [0.25, 0.3) is 5.91 Å². The van der Waals surface area contributed by atoms with Gasteiger partial charge in [-0.3, -0.25) is 9.59 Å². The van der Waals surface area contributed by atoms with E-state index in [2.05, 4.69) is 22.3 Å². The summed E-state index contributed by atoms with van der Waals surface area (Å²) in [7, 11) is -3.11. The molecule has 3 rings (SSSR count). The molecule has 0 atom stereocenters. The largest absolute Gasteiger partial charge is 0.368 e. The first-order chi connectivity index (χ1) is 14.3. The highest BCUT2D eigenvalue weighted by atomic mass is 32.2. The van der Waals surface area contributed by atoms with Crippen molar-refractivity contribution in [2.45, 2.75) is 12.2 Å². The Hall–Kier alpha value is -2.87. The molecule has 0 spiro atoms. The van der Waals surface area contributed by atoms with E-state index >= 15 is 0 Å². The number of carbonyl (C=O) groups excluding carboxylic acids is 2. The molecule has 2 aromatic carbocycles. The van der Waals surface area contributed by atoms with Gasteiger partial charge in [-0.25, -0.2) is 8.42 Å². The summed E-state index contributed by atoms with van der Waals surface area (Å²) in [6, 6.07) is 16.6. The van der Waals surface area contributed by atoms with E-state index in [1.54, 1.807) is 24.3 Å². The highest BCUT2D eigenvalue weighted by Gasteiger charge is 2.21. The molecular formula is C22H27N3O4S. The Morgan fingerprint density at radius 1 is 0.933 bits per heavy atom. The molecule has 2 amide bonds. The lowest BCUT2D eigenvalue weighted by molar-refractivity contribution is -0.131. The third-order valence-corrected chi connectivity index (χ3v) is 5.88. The molecule has 0 saturated carbocycles. The van der Waals surface area contributed by atoms with Crippen LogP contribution in [-0.2, 0) is 20.4 Å². The van der Waals surface area contributed by atoms with Crippen LogP contribution in [0.5, 0.6) is 0 Å². The lowest BCUT2D eigenvalue weighted by Gasteiger charge is -2.36. The molecule has 8 heteroatoms. The summed E-state index contributed by atoms with van der Waals surface area (Å²) in [5.74, 6) is -0.296. The Labute approximate surface area is 177 Å². The second-order valence-electron chi connectivity index (χ2n) is 7.48. The van der Waals surface area contributed by atoms with Gasteiger partial charge in [-0.2, -0.15) is 0 Å². The minimum absolute atomic E-state index is 0.0338. The summed E-state index contributed by atoms with van der Waals surface area (Å²) in [5, 5.41) is 2.76. The fourth-order valence-electron chi connectivity index (χ4n) is 3.45. The summed E-state index contributed by atoms with van der Waals surface area (Å²) in [5.41, 5.74) is 2.24.